The zero-order chi connectivity index (χ0) is 10.7. The average Bonchev–Trinajstić information content (AvgIpc) is 2.98. The molecule has 1 nitrogen and oxygen atoms in total. The zero-order valence-corrected chi connectivity index (χ0v) is 11.0. The van der Waals surface area contributed by atoms with Gasteiger partial charge in [-0.05, 0) is 31.2 Å². The van der Waals surface area contributed by atoms with E-state index in [0.717, 1.165) is 12.0 Å². The molecule has 3 atom stereocenters. The Balaban J connectivity index is 0.00000128. The molecule has 0 saturated heterocycles. The van der Waals surface area contributed by atoms with Crippen LogP contribution in [0.4, 0.5) is 0 Å². The Hall–Kier alpha value is -0.530. The fraction of sp³-hybridized carbons (Fsp3) is 0.571. The van der Waals surface area contributed by atoms with Crippen molar-refractivity contribution in [1.82, 2.24) is 5.32 Å². The lowest BCUT2D eigenvalue weighted by molar-refractivity contribution is 0.530. The fourth-order valence-corrected chi connectivity index (χ4v) is 2.30. The van der Waals surface area contributed by atoms with Crippen LogP contribution in [0.3, 0.4) is 0 Å². The van der Waals surface area contributed by atoms with Crippen LogP contribution in [0, 0.1) is 5.92 Å². The molecule has 0 aliphatic heterocycles. The molecule has 90 valence electrons. The maximum absolute atomic E-state index is 3.70. The summed E-state index contributed by atoms with van der Waals surface area (Å²) in [5, 5.41) is 3.70. The number of nitrogens with one attached hydrogen (secondary N) is 1. The van der Waals surface area contributed by atoms with E-state index in [2.05, 4.69) is 49.5 Å². The Kier molecular flexibility index (Phi) is 5.30. The van der Waals surface area contributed by atoms with Crippen LogP contribution >= 0.6 is 12.4 Å². The SMILES string of the molecule is CCCC1CC1NC(C)c1ccccc1.Cl. The first-order chi connectivity index (χ1) is 7.31. The normalized spacial score (nSPS) is 24.6. The van der Waals surface area contributed by atoms with E-state index in [1.165, 1.54) is 24.8 Å². The van der Waals surface area contributed by atoms with Gasteiger partial charge in [0.05, 0.1) is 0 Å². The second-order valence-electron chi connectivity index (χ2n) is 4.69. The van der Waals surface area contributed by atoms with Gasteiger partial charge in [0.15, 0.2) is 0 Å². The van der Waals surface area contributed by atoms with Gasteiger partial charge in [0, 0.05) is 12.1 Å². The fourth-order valence-electron chi connectivity index (χ4n) is 2.30. The van der Waals surface area contributed by atoms with Crippen LogP contribution in [0.1, 0.15) is 44.7 Å². The highest BCUT2D eigenvalue weighted by Gasteiger charge is 2.36. The number of benzene rings is 1. The summed E-state index contributed by atoms with van der Waals surface area (Å²) in [6, 6.07) is 12.0. The predicted molar refractivity (Wildman–Crippen MR) is 72.0 cm³/mol. The number of rotatable bonds is 5. The van der Waals surface area contributed by atoms with Gasteiger partial charge in [-0.1, -0.05) is 43.7 Å². The average molecular weight is 240 g/mol. The third-order valence-electron chi connectivity index (χ3n) is 3.35. The van der Waals surface area contributed by atoms with E-state index in [9.17, 15) is 0 Å². The lowest BCUT2D eigenvalue weighted by Gasteiger charge is -2.13. The quantitative estimate of drug-likeness (QED) is 0.821. The van der Waals surface area contributed by atoms with E-state index in [0.29, 0.717) is 6.04 Å². The monoisotopic (exact) mass is 239 g/mol. The molecule has 3 unspecified atom stereocenters. The summed E-state index contributed by atoms with van der Waals surface area (Å²) in [5.41, 5.74) is 1.40. The summed E-state index contributed by atoms with van der Waals surface area (Å²) in [6.07, 6.45) is 4.09. The van der Waals surface area contributed by atoms with Gasteiger partial charge in [-0.15, -0.1) is 12.4 Å². The van der Waals surface area contributed by atoms with E-state index in [1.54, 1.807) is 0 Å². The van der Waals surface area contributed by atoms with E-state index >= 15 is 0 Å². The molecule has 16 heavy (non-hydrogen) atoms. The summed E-state index contributed by atoms with van der Waals surface area (Å²) in [6.45, 7) is 4.53. The van der Waals surface area contributed by atoms with Gasteiger partial charge >= 0.3 is 0 Å². The van der Waals surface area contributed by atoms with Crippen molar-refractivity contribution in [3.63, 3.8) is 0 Å². The number of halogens is 1. The first-order valence-electron chi connectivity index (χ1n) is 6.12. The molecule has 2 rings (SSSR count). The highest BCUT2D eigenvalue weighted by Crippen LogP contribution is 2.36. The highest BCUT2D eigenvalue weighted by molar-refractivity contribution is 5.85. The molecular formula is C14H22ClN. The van der Waals surface area contributed by atoms with E-state index in [1.807, 2.05) is 0 Å². The smallest absolute Gasteiger partial charge is 0.0294 e. The third kappa shape index (κ3) is 3.50. The van der Waals surface area contributed by atoms with E-state index < -0.39 is 0 Å². The summed E-state index contributed by atoms with van der Waals surface area (Å²) in [4.78, 5) is 0. The van der Waals surface area contributed by atoms with Gasteiger partial charge in [0.2, 0.25) is 0 Å². The van der Waals surface area contributed by atoms with Crippen LogP contribution in [-0.4, -0.2) is 6.04 Å². The molecule has 1 N–H and O–H groups in total. The Bertz CT molecular complexity index is 299. The van der Waals surface area contributed by atoms with Gasteiger partial charge < -0.3 is 5.32 Å². The minimum absolute atomic E-state index is 0. The van der Waals surface area contributed by atoms with Crippen LogP contribution in [0.15, 0.2) is 30.3 Å². The minimum atomic E-state index is 0. The molecule has 0 aromatic heterocycles. The molecule has 1 aliphatic rings. The summed E-state index contributed by atoms with van der Waals surface area (Å²) < 4.78 is 0. The molecule has 0 spiro atoms. The van der Waals surface area contributed by atoms with E-state index in [-0.39, 0.29) is 12.4 Å². The second kappa shape index (κ2) is 6.27. The van der Waals surface area contributed by atoms with E-state index in [4.69, 9.17) is 0 Å². The largest absolute Gasteiger partial charge is 0.307 e. The first-order valence-corrected chi connectivity index (χ1v) is 6.12. The summed E-state index contributed by atoms with van der Waals surface area (Å²) in [7, 11) is 0. The molecule has 0 radical (unpaired) electrons. The molecular weight excluding hydrogens is 218 g/mol. The van der Waals surface area contributed by atoms with Crippen LogP contribution in [0.2, 0.25) is 0 Å². The van der Waals surface area contributed by atoms with Gasteiger partial charge in [-0.2, -0.15) is 0 Å². The van der Waals surface area contributed by atoms with Crippen molar-refractivity contribution in [1.29, 1.82) is 0 Å². The highest BCUT2D eigenvalue weighted by atomic mass is 35.5. The molecule has 0 heterocycles. The maximum Gasteiger partial charge on any atom is 0.0294 e. The van der Waals surface area contributed by atoms with Crippen molar-refractivity contribution in [2.24, 2.45) is 5.92 Å². The summed E-state index contributed by atoms with van der Waals surface area (Å²) in [5.74, 6) is 0.946. The molecule has 1 fully saturated rings. The Morgan fingerprint density at radius 3 is 2.62 bits per heavy atom. The lowest BCUT2D eigenvalue weighted by atomic mass is 10.1. The van der Waals surface area contributed by atoms with Crippen LogP contribution in [-0.2, 0) is 0 Å². The standard InChI is InChI=1S/C14H21N.ClH/c1-3-7-13-10-14(13)15-11(2)12-8-5-4-6-9-12;/h4-6,8-9,11,13-15H,3,7,10H2,1-2H3;1H. The Morgan fingerprint density at radius 2 is 2.00 bits per heavy atom. The van der Waals surface area contributed by atoms with Crippen molar-refractivity contribution >= 4 is 12.4 Å². The topological polar surface area (TPSA) is 12.0 Å². The lowest BCUT2D eigenvalue weighted by Crippen LogP contribution is -2.22. The van der Waals surface area contributed by atoms with Crippen molar-refractivity contribution in [2.45, 2.75) is 45.2 Å². The molecule has 1 aliphatic carbocycles. The second-order valence-corrected chi connectivity index (χ2v) is 4.69. The molecule has 1 aromatic rings. The third-order valence-corrected chi connectivity index (χ3v) is 3.35. The molecule has 1 saturated carbocycles. The molecule has 1 aromatic carbocycles. The molecule has 0 bridgehead atoms. The Morgan fingerprint density at radius 1 is 1.31 bits per heavy atom. The van der Waals surface area contributed by atoms with Gasteiger partial charge in [0.25, 0.3) is 0 Å². The van der Waals surface area contributed by atoms with Gasteiger partial charge in [0.1, 0.15) is 0 Å². The van der Waals surface area contributed by atoms with Crippen LogP contribution in [0.5, 0.6) is 0 Å². The van der Waals surface area contributed by atoms with Crippen molar-refractivity contribution in [2.75, 3.05) is 0 Å². The Labute approximate surface area is 105 Å². The van der Waals surface area contributed by atoms with Crippen molar-refractivity contribution < 1.29 is 0 Å². The maximum atomic E-state index is 3.70. The molecule has 0 amide bonds. The zero-order valence-electron chi connectivity index (χ0n) is 10.1. The summed E-state index contributed by atoms with van der Waals surface area (Å²) >= 11 is 0. The van der Waals surface area contributed by atoms with Gasteiger partial charge in [-0.3, -0.25) is 0 Å². The first kappa shape index (κ1) is 13.5. The van der Waals surface area contributed by atoms with Crippen LogP contribution < -0.4 is 5.32 Å². The van der Waals surface area contributed by atoms with Crippen molar-refractivity contribution in [3.8, 4) is 0 Å². The van der Waals surface area contributed by atoms with Crippen molar-refractivity contribution in [3.05, 3.63) is 35.9 Å². The van der Waals surface area contributed by atoms with Crippen LogP contribution in [0.25, 0.3) is 0 Å². The number of hydrogen-bond acceptors (Lipinski definition) is 1. The molecule has 2 heteroatoms. The van der Waals surface area contributed by atoms with Gasteiger partial charge in [-0.25, -0.2) is 0 Å². The minimum Gasteiger partial charge on any atom is -0.307 e. The number of hydrogen-bond donors (Lipinski definition) is 1. The predicted octanol–water partition coefficient (Wildman–Crippen LogP) is 3.95.